The average molecular weight is 464 g/mol. The van der Waals surface area contributed by atoms with Gasteiger partial charge in [0.1, 0.15) is 0 Å². The summed E-state index contributed by atoms with van der Waals surface area (Å²) >= 11 is 0. The van der Waals surface area contributed by atoms with E-state index in [0.29, 0.717) is 11.3 Å². The molecular formula is C32H49NO. The fraction of sp³-hybridized carbons (Fsp3) is 0.656. The second-order valence-electron chi connectivity index (χ2n) is 12.1. The van der Waals surface area contributed by atoms with Crippen molar-refractivity contribution in [2.45, 2.75) is 104 Å². The zero-order valence-electron chi connectivity index (χ0n) is 22.6. The first kappa shape index (κ1) is 26.8. The first-order valence-electron chi connectivity index (χ1n) is 13.9. The molecule has 2 heteroatoms. The molecular weight excluding hydrogens is 414 g/mol. The van der Waals surface area contributed by atoms with Gasteiger partial charge in [0.25, 0.3) is 0 Å². The fourth-order valence-electron chi connectivity index (χ4n) is 6.83. The molecule has 1 amide bonds. The van der Waals surface area contributed by atoms with Crippen molar-refractivity contribution >= 4 is 5.91 Å². The van der Waals surface area contributed by atoms with Gasteiger partial charge < -0.3 is 4.90 Å². The Morgan fingerprint density at radius 1 is 1.09 bits per heavy atom. The molecule has 0 N–H and O–H groups in total. The highest BCUT2D eigenvalue weighted by atomic mass is 16.2. The van der Waals surface area contributed by atoms with Gasteiger partial charge in [0.2, 0.25) is 5.91 Å². The highest BCUT2D eigenvalue weighted by Crippen LogP contribution is 2.52. The Balaban J connectivity index is 0.000000396. The number of benzene rings is 1. The number of amides is 1. The van der Waals surface area contributed by atoms with Crippen LogP contribution < -0.4 is 0 Å². The molecule has 2 fully saturated rings. The number of rotatable bonds is 7. The zero-order chi connectivity index (χ0) is 24.6. The molecule has 0 spiro atoms. The Labute approximate surface area is 209 Å². The van der Waals surface area contributed by atoms with E-state index in [-0.39, 0.29) is 6.04 Å². The maximum absolute atomic E-state index is 12.7. The van der Waals surface area contributed by atoms with E-state index in [2.05, 4.69) is 58.1 Å². The molecule has 0 radical (unpaired) electrons. The summed E-state index contributed by atoms with van der Waals surface area (Å²) in [5, 5.41) is 0. The number of carbonyl (C=O) groups is 1. The standard InChI is InChI=1S/C25H41NO.C7H8/c1-19-13-22-16-23(14-19)18-25(3,17-22)12-8-11-24(27)26(4)20(2)15-21-9-6-5-7-10-21;1-7-5-3-2-4-6-7/h6,9-10,19-20,22-23H,5,7-8,11-18H2,1-4H3;2-6H,1H3. The average Bonchev–Trinajstić information content (AvgIpc) is 2.79. The molecule has 0 aromatic heterocycles. The van der Waals surface area contributed by atoms with Gasteiger partial charge in [-0.05, 0) is 101 Å². The summed E-state index contributed by atoms with van der Waals surface area (Å²) in [7, 11) is 1.99. The van der Waals surface area contributed by atoms with Crippen LogP contribution in [0.5, 0.6) is 0 Å². The lowest BCUT2D eigenvalue weighted by Gasteiger charge is -2.47. The van der Waals surface area contributed by atoms with Gasteiger partial charge >= 0.3 is 0 Å². The summed E-state index contributed by atoms with van der Waals surface area (Å²) < 4.78 is 0. The van der Waals surface area contributed by atoms with Crippen molar-refractivity contribution in [1.82, 2.24) is 4.90 Å². The number of nitrogens with zero attached hydrogens (tertiary/aromatic N) is 1. The Bertz CT molecular complexity index is 805. The third kappa shape index (κ3) is 8.43. The van der Waals surface area contributed by atoms with Crippen molar-refractivity contribution in [2.75, 3.05) is 7.05 Å². The monoisotopic (exact) mass is 463 g/mol. The Morgan fingerprint density at radius 3 is 2.32 bits per heavy atom. The van der Waals surface area contributed by atoms with Crippen LogP contribution in [0.3, 0.4) is 0 Å². The SMILES string of the molecule is CC1CC2CC(C1)CC(C)(CCCC(=O)N(C)C(C)CC1=CCCC=C1)C2.Cc1ccccc1. The minimum atomic E-state index is 0.289. The van der Waals surface area contributed by atoms with Gasteiger partial charge in [-0.25, -0.2) is 0 Å². The molecule has 0 heterocycles. The molecule has 2 saturated carbocycles. The molecule has 3 unspecified atom stereocenters. The molecule has 1 aromatic rings. The van der Waals surface area contributed by atoms with E-state index < -0.39 is 0 Å². The van der Waals surface area contributed by atoms with Gasteiger partial charge in [0.05, 0.1) is 0 Å². The topological polar surface area (TPSA) is 20.3 Å². The van der Waals surface area contributed by atoms with Crippen LogP contribution in [-0.2, 0) is 4.79 Å². The highest BCUT2D eigenvalue weighted by molar-refractivity contribution is 5.76. The normalized spacial score (nSPS) is 28.9. The summed E-state index contributed by atoms with van der Waals surface area (Å²) in [5.74, 6) is 3.17. The van der Waals surface area contributed by atoms with Gasteiger partial charge in [-0.3, -0.25) is 4.79 Å². The zero-order valence-corrected chi connectivity index (χ0v) is 22.6. The van der Waals surface area contributed by atoms with Crippen molar-refractivity contribution in [1.29, 1.82) is 0 Å². The molecule has 188 valence electrons. The lowest BCUT2D eigenvalue weighted by molar-refractivity contribution is -0.131. The summed E-state index contributed by atoms with van der Waals surface area (Å²) in [6.07, 6.45) is 20.3. The fourth-order valence-corrected chi connectivity index (χ4v) is 6.83. The van der Waals surface area contributed by atoms with Crippen LogP contribution in [-0.4, -0.2) is 23.9 Å². The molecule has 2 nitrogen and oxygen atoms in total. The van der Waals surface area contributed by atoms with Crippen LogP contribution in [0.15, 0.2) is 54.1 Å². The summed E-state index contributed by atoms with van der Waals surface area (Å²) in [5.41, 5.74) is 3.20. The minimum absolute atomic E-state index is 0.289. The van der Waals surface area contributed by atoms with Gasteiger partial charge in [-0.1, -0.05) is 73.5 Å². The van der Waals surface area contributed by atoms with Crippen molar-refractivity contribution in [3.05, 3.63) is 59.7 Å². The molecule has 3 aliphatic carbocycles. The van der Waals surface area contributed by atoms with E-state index in [1.165, 1.54) is 49.7 Å². The lowest BCUT2D eigenvalue weighted by Crippen LogP contribution is -2.37. The van der Waals surface area contributed by atoms with Gasteiger partial charge in [-0.15, -0.1) is 0 Å². The van der Waals surface area contributed by atoms with E-state index >= 15 is 0 Å². The molecule has 2 bridgehead atoms. The van der Waals surface area contributed by atoms with Crippen molar-refractivity contribution < 1.29 is 4.79 Å². The number of carbonyl (C=O) groups excluding carboxylic acids is 1. The first-order valence-corrected chi connectivity index (χ1v) is 13.9. The second kappa shape index (κ2) is 12.8. The summed E-state index contributed by atoms with van der Waals surface area (Å²) in [6, 6.07) is 10.6. The smallest absolute Gasteiger partial charge is 0.222 e. The number of hydrogen-bond acceptors (Lipinski definition) is 1. The van der Waals surface area contributed by atoms with Crippen molar-refractivity contribution in [3.8, 4) is 0 Å². The van der Waals surface area contributed by atoms with Crippen molar-refractivity contribution in [3.63, 3.8) is 0 Å². The molecule has 0 saturated heterocycles. The number of allylic oxidation sites excluding steroid dienone is 3. The van der Waals surface area contributed by atoms with E-state index in [1.54, 1.807) is 0 Å². The lowest BCUT2D eigenvalue weighted by atomic mass is 9.58. The Kier molecular flexibility index (Phi) is 10.0. The van der Waals surface area contributed by atoms with Crippen LogP contribution in [0.2, 0.25) is 0 Å². The van der Waals surface area contributed by atoms with Crippen LogP contribution in [0.25, 0.3) is 0 Å². The van der Waals surface area contributed by atoms with Gasteiger partial charge in [0, 0.05) is 19.5 Å². The number of hydrogen-bond donors (Lipinski definition) is 0. The second-order valence-corrected chi connectivity index (χ2v) is 12.1. The van der Waals surface area contributed by atoms with E-state index in [0.717, 1.165) is 49.9 Å². The molecule has 4 rings (SSSR count). The molecule has 3 aliphatic rings. The van der Waals surface area contributed by atoms with Crippen LogP contribution in [0.4, 0.5) is 0 Å². The van der Waals surface area contributed by atoms with Crippen molar-refractivity contribution in [2.24, 2.45) is 23.2 Å². The van der Waals surface area contributed by atoms with Crippen LogP contribution in [0, 0.1) is 30.1 Å². The van der Waals surface area contributed by atoms with E-state index in [1.807, 2.05) is 30.1 Å². The number of fused-ring (bicyclic) bond motifs is 2. The van der Waals surface area contributed by atoms with Gasteiger partial charge in [0.15, 0.2) is 0 Å². The number of aryl methyl sites for hydroxylation is 1. The van der Waals surface area contributed by atoms with E-state index in [4.69, 9.17) is 0 Å². The van der Waals surface area contributed by atoms with Crippen LogP contribution >= 0.6 is 0 Å². The Morgan fingerprint density at radius 2 is 1.76 bits per heavy atom. The molecule has 0 aliphatic heterocycles. The minimum Gasteiger partial charge on any atom is -0.343 e. The summed E-state index contributed by atoms with van der Waals surface area (Å²) in [4.78, 5) is 14.7. The highest BCUT2D eigenvalue weighted by Gasteiger charge is 2.40. The molecule has 34 heavy (non-hydrogen) atoms. The quantitative estimate of drug-likeness (QED) is 0.397. The maximum Gasteiger partial charge on any atom is 0.222 e. The van der Waals surface area contributed by atoms with E-state index in [9.17, 15) is 4.79 Å². The molecule has 3 atom stereocenters. The first-order chi connectivity index (χ1) is 16.2. The largest absolute Gasteiger partial charge is 0.343 e. The third-order valence-electron chi connectivity index (χ3n) is 8.47. The maximum atomic E-state index is 12.7. The third-order valence-corrected chi connectivity index (χ3v) is 8.47. The predicted octanol–water partition coefficient (Wildman–Crippen LogP) is 8.52. The Hall–Kier alpha value is -1.83. The summed E-state index contributed by atoms with van der Waals surface area (Å²) in [6.45, 7) is 9.21. The van der Waals surface area contributed by atoms with Crippen LogP contribution in [0.1, 0.15) is 97.0 Å². The van der Waals surface area contributed by atoms with Gasteiger partial charge in [-0.2, -0.15) is 0 Å². The predicted molar refractivity (Wildman–Crippen MR) is 146 cm³/mol. The molecule has 1 aromatic carbocycles.